The predicted molar refractivity (Wildman–Crippen MR) is 87.8 cm³/mol. The van der Waals surface area contributed by atoms with Crippen molar-refractivity contribution < 1.29 is 14.3 Å². The molecule has 4 nitrogen and oxygen atoms in total. The summed E-state index contributed by atoms with van der Waals surface area (Å²) in [6, 6.07) is 7.99. The normalized spacial score (nSPS) is 17.4. The molecule has 0 spiro atoms. The molecular formula is C18H25NO3. The number of hydrogen-bond donors (Lipinski definition) is 1. The van der Waals surface area contributed by atoms with Gasteiger partial charge in [0.2, 0.25) is 5.91 Å². The molecule has 1 saturated heterocycles. The number of hydrogen-bond acceptors (Lipinski definition) is 3. The molecule has 1 aliphatic rings. The Labute approximate surface area is 132 Å². The van der Waals surface area contributed by atoms with E-state index in [0.29, 0.717) is 0 Å². The molecular weight excluding hydrogens is 278 g/mol. The zero-order valence-electron chi connectivity index (χ0n) is 13.4. The topological polar surface area (TPSA) is 47.6 Å². The van der Waals surface area contributed by atoms with Crippen molar-refractivity contribution in [2.75, 3.05) is 13.2 Å². The van der Waals surface area contributed by atoms with Crippen molar-refractivity contribution in [2.24, 2.45) is 0 Å². The van der Waals surface area contributed by atoms with Gasteiger partial charge in [0, 0.05) is 30.9 Å². The van der Waals surface area contributed by atoms with Gasteiger partial charge in [0.05, 0.1) is 6.10 Å². The van der Waals surface area contributed by atoms with Gasteiger partial charge in [-0.2, -0.15) is 0 Å². The number of ether oxygens (including phenoxy) is 2. The first-order chi connectivity index (χ1) is 10.7. The van der Waals surface area contributed by atoms with E-state index in [4.69, 9.17) is 9.47 Å². The van der Waals surface area contributed by atoms with E-state index in [1.54, 1.807) is 6.08 Å². The molecule has 1 aliphatic heterocycles. The van der Waals surface area contributed by atoms with E-state index in [-0.39, 0.29) is 18.1 Å². The van der Waals surface area contributed by atoms with Gasteiger partial charge in [0.25, 0.3) is 0 Å². The van der Waals surface area contributed by atoms with Crippen LogP contribution in [0.1, 0.15) is 38.7 Å². The Hall–Kier alpha value is -1.81. The van der Waals surface area contributed by atoms with Gasteiger partial charge in [-0.3, -0.25) is 4.79 Å². The van der Waals surface area contributed by atoms with Crippen molar-refractivity contribution in [3.63, 3.8) is 0 Å². The fourth-order valence-electron chi connectivity index (χ4n) is 2.28. The van der Waals surface area contributed by atoms with Gasteiger partial charge in [-0.05, 0) is 38.3 Å². The van der Waals surface area contributed by atoms with Crippen LogP contribution < -0.4 is 10.1 Å². The summed E-state index contributed by atoms with van der Waals surface area (Å²) in [4.78, 5) is 12.0. The molecule has 1 atom stereocenters. The van der Waals surface area contributed by atoms with E-state index in [1.807, 2.05) is 37.3 Å². The molecule has 120 valence electrons. The van der Waals surface area contributed by atoms with E-state index in [9.17, 15) is 4.79 Å². The average molecular weight is 303 g/mol. The molecule has 1 aromatic rings. The number of benzene rings is 1. The van der Waals surface area contributed by atoms with Gasteiger partial charge in [0.15, 0.2) is 0 Å². The van der Waals surface area contributed by atoms with Gasteiger partial charge < -0.3 is 14.8 Å². The van der Waals surface area contributed by atoms with Crippen LogP contribution in [0.25, 0.3) is 6.08 Å². The summed E-state index contributed by atoms with van der Waals surface area (Å²) in [5.74, 6) is 0.747. The molecule has 0 bridgehead atoms. The number of rotatable bonds is 6. The first-order valence-electron chi connectivity index (χ1n) is 8.01. The van der Waals surface area contributed by atoms with Crippen molar-refractivity contribution in [3.8, 4) is 5.75 Å². The van der Waals surface area contributed by atoms with Gasteiger partial charge in [-0.15, -0.1) is 0 Å². The maximum atomic E-state index is 12.0. The van der Waals surface area contributed by atoms with Crippen molar-refractivity contribution >= 4 is 12.0 Å². The van der Waals surface area contributed by atoms with Crippen LogP contribution in [0.5, 0.6) is 5.75 Å². The van der Waals surface area contributed by atoms with E-state index in [2.05, 4.69) is 12.2 Å². The third kappa shape index (κ3) is 5.19. The Balaban J connectivity index is 1.95. The zero-order valence-corrected chi connectivity index (χ0v) is 13.4. The largest absolute Gasteiger partial charge is 0.490 e. The molecule has 1 amide bonds. The Morgan fingerprint density at radius 2 is 2.14 bits per heavy atom. The third-order valence-electron chi connectivity index (χ3n) is 3.80. The SMILES string of the molecule is CC[C@@H](C)Oc1ccccc1/C=C/C(=O)NC1CCOCC1. The lowest BCUT2D eigenvalue weighted by Crippen LogP contribution is -2.37. The minimum atomic E-state index is -0.0646. The Morgan fingerprint density at radius 3 is 2.86 bits per heavy atom. The highest BCUT2D eigenvalue weighted by atomic mass is 16.5. The fraction of sp³-hybridized carbons (Fsp3) is 0.500. The van der Waals surface area contributed by atoms with Gasteiger partial charge in [-0.1, -0.05) is 25.1 Å². The number of para-hydroxylation sites is 1. The van der Waals surface area contributed by atoms with Crippen LogP contribution in [-0.2, 0) is 9.53 Å². The molecule has 1 fully saturated rings. The van der Waals surface area contributed by atoms with Crippen LogP contribution in [0.4, 0.5) is 0 Å². The molecule has 22 heavy (non-hydrogen) atoms. The maximum Gasteiger partial charge on any atom is 0.244 e. The molecule has 1 heterocycles. The summed E-state index contributed by atoms with van der Waals surface area (Å²) in [5.41, 5.74) is 0.921. The lowest BCUT2D eigenvalue weighted by Gasteiger charge is -2.22. The summed E-state index contributed by atoms with van der Waals surface area (Å²) >= 11 is 0. The van der Waals surface area contributed by atoms with Crippen LogP contribution >= 0.6 is 0 Å². The second-order valence-corrected chi connectivity index (χ2v) is 5.60. The van der Waals surface area contributed by atoms with Crippen molar-refractivity contribution in [1.82, 2.24) is 5.32 Å². The maximum absolute atomic E-state index is 12.0. The molecule has 4 heteroatoms. The Kier molecular flexibility index (Phi) is 6.46. The molecule has 0 unspecified atom stereocenters. The highest BCUT2D eigenvalue weighted by Crippen LogP contribution is 2.21. The quantitative estimate of drug-likeness (QED) is 0.821. The molecule has 0 saturated carbocycles. The Bertz CT molecular complexity index is 507. The lowest BCUT2D eigenvalue weighted by atomic mass is 10.1. The third-order valence-corrected chi connectivity index (χ3v) is 3.80. The molecule has 1 aromatic carbocycles. The molecule has 1 N–H and O–H groups in total. The van der Waals surface area contributed by atoms with Crippen LogP contribution in [0, 0.1) is 0 Å². The highest BCUT2D eigenvalue weighted by molar-refractivity contribution is 5.92. The van der Waals surface area contributed by atoms with Crippen molar-refractivity contribution in [2.45, 2.75) is 45.3 Å². The average Bonchev–Trinajstić information content (AvgIpc) is 2.55. The van der Waals surface area contributed by atoms with E-state index in [1.165, 1.54) is 0 Å². The highest BCUT2D eigenvalue weighted by Gasteiger charge is 2.14. The van der Waals surface area contributed by atoms with Crippen LogP contribution in [-0.4, -0.2) is 31.3 Å². The molecule has 0 aliphatic carbocycles. The molecule has 0 radical (unpaired) electrons. The lowest BCUT2D eigenvalue weighted by molar-refractivity contribution is -0.117. The van der Waals surface area contributed by atoms with Crippen molar-refractivity contribution in [3.05, 3.63) is 35.9 Å². The van der Waals surface area contributed by atoms with E-state index < -0.39 is 0 Å². The number of carbonyl (C=O) groups is 1. The second-order valence-electron chi connectivity index (χ2n) is 5.60. The molecule has 2 rings (SSSR count). The first-order valence-corrected chi connectivity index (χ1v) is 8.01. The van der Waals surface area contributed by atoms with E-state index in [0.717, 1.165) is 43.8 Å². The second kappa shape index (κ2) is 8.59. The fourth-order valence-corrected chi connectivity index (χ4v) is 2.28. The van der Waals surface area contributed by atoms with Gasteiger partial charge in [-0.25, -0.2) is 0 Å². The molecule has 0 aromatic heterocycles. The van der Waals surface area contributed by atoms with Gasteiger partial charge in [0.1, 0.15) is 5.75 Å². The summed E-state index contributed by atoms with van der Waals surface area (Å²) < 4.78 is 11.2. The monoisotopic (exact) mass is 303 g/mol. The van der Waals surface area contributed by atoms with Crippen molar-refractivity contribution in [1.29, 1.82) is 0 Å². The zero-order chi connectivity index (χ0) is 15.8. The standard InChI is InChI=1S/C18H25NO3/c1-3-14(2)22-17-7-5-4-6-15(17)8-9-18(20)19-16-10-12-21-13-11-16/h4-9,14,16H,3,10-13H2,1-2H3,(H,19,20)/b9-8+/t14-/m1/s1. The summed E-state index contributed by atoms with van der Waals surface area (Å²) in [6.45, 7) is 5.57. The van der Waals surface area contributed by atoms with E-state index >= 15 is 0 Å². The summed E-state index contributed by atoms with van der Waals surface area (Å²) in [6.07, 6.45) is 6.26. The van der Waals surface area contributed by atoms with Crippen LogP contribution in [0.15, 0.2) is 30.3 Å². The van der Waals surface area contributed by atoms with Gasteiger partial charge >= 0.3 is 0 Å². The minimum Gasteiger partial charge on any atom is -0.490 e. The minimum absolute atomic E-state index is 0.0646. The van der Waals surface area contributed by atoms with Crippen LogP contribution in [0.3, 0.4) is 0 Å². The smallest absolute Gasteiger partial charge is 0.244 e. The van der Waals surface area contributed by atoms with Crippen LogP contribution in [0.2, 0.25) is 0 Å². The number of amides is 1. The Morgan fingerprint density at radius 1 is 1.41 bits per heavy atom. The number of nitrogens with one attached hydrogen (secondary N) is 1. The number of carbonyl (C=O) groups excluding carboxylic acids is 1. The summed E-state index contributed by atoms with van der Waals surface area (Å²) in [7, 11) is 0. The summed E-state index contributed by atoms with van der Waals surface area (Å²) in [5, 5.41) is 3.01. The predicted octanol–water partition coefficient (Wildman–Crippen LogP) is 3.17. The first kappa shape index (κ1) is 16.6.